The molecule has 200 valence electrons. The molecule has 1 aromatic carbocycles. The van der Waals surface area contributed by atoms with E-state index in [9.17, 15) is 9.90 Å². The number of pyridine rings is 1. The number of amides is 1. The Bertz CT molecular complexity index is 1410. The lowest BCUT2D eigenvalue weighted by Gasteiger charge is -2.34. The number of fused-ring (bicyclic) bond motifs is 1. The van der Waals surface area contributed by atoms with Crippen LogP contribution in [0.5, 0.6) is 5.75 Å². The number of aliphatic hydroxyl groups is 1. The van der Waals surface area contributed by atoms with E-state index in [2.05, 4.69) is 31.4 Å². The van der Waals surface area contributed by atoms with Crippen LogP contribution in [0.25, 0.3) is 16.2 Å². The van der Waals surface area contributed by atoms with E-state index in [1.54, 1.807) is 0 Å². The van der Waals surface area contributed by atoms with Gasteiger partial charge in [-0.25, -0.2) is 4.98 Å². The summed E-state index contributed by atoms with van der Waals surface area (Å²) in [6.45, 7) is 7.60. The largest absolute Gasteiger partial charge is 0.485 e. The molecule has 0 saturated carbocycles. The molecule has 5 rings (SSSR count). The first-order valence-corrected chi connectivity index (χ1v) is 13.9. The summed E-state index contributed by atoms with van der Waals surface area (Å²) in [4.78, 5) is 22.9. The summed E-state index contributed by atoms with van der Waals surface area (Å²) < 4.78 is 8.41. The predicted molar refractivity (Wildman–Crippen MR) is 151 cm³/mol. The lowest BCUT2D eigenvalue weighted by molar-refractivity contribution is -0.117. The fourth-order valence-corrected chi connectivity index (χ4v) is 6.25. The number of β-amino-alcohol motifs (C(OH)–C–C–N with tert-alkyl or cyclic N) is 1. The van der Waals surface area contributed by atoms with E-state index in [0.29, 0.717) is 10.8 Å². The minimum absolute atomic E-state index is 0.0967. The highest BCUT2D eigenvalue weighted by atomic mass is 35.5. The SMILES string of the molecule is C[C@@H](Oc1cc(-c2cnc3ccc(CN4CCN(CCO)CC4)cn23)sc1CC(N)=O)c1ccccc1Cl. The van der Waals surface area contributed by atoms with Gasteiger partial charge in [0.15, 0.2) is 0 Å². The van der Waals surface area contributed by atoms with E-state index in [1.165, 1.54) is 16.9 Å². The van der Waals surface area contributed by atoms with Gasteiger partial charge in [-0.05, 0) is 24.6 Å². The first kappa shape index (κ1) is 26.6. The number of carbonyl (C=O) groups excluding carboxylic acids is 1. The van der Waals surface area contributed by atoms with Crippen LogP contribution in [0.4, 0.5) is 0 Å². The maximum Gasteiger partial charge on any atom is 0.222 e. The van der Waals surface area contributed by atoms with Crippen molar-refractivity contribution in [3.05, 3.63) is 75.9 Å². The summed E-state index contributed by atoms with van der Waals surface area (Å²) in [5.41, 5.74) is 9.43. The molecule has 38 heavy (non-hydrogen) atoms. The Morgan fingerprint density at radius 2 is 1.95 bits per heavy atom. The third kappa shape index (κ3) is 6.03. The maximum absolute atomic E-state index is 11.8. The highest BCUT2D eigenvalue weighted by molar-refractivity contribution is 7.15. The van der Waals surface area contributed by atoms with Gasteiger partial charge in [0.1, 0.15) is 17.5 Å². The second kappa shape index (κ2) is 11.8. The summed E-state index contributed by atoms with van der Waals surface area (Å²) in [5.74, 6) is 0.219. The zero-order valence-corrected chi connectivity index (χ0v) is 22.9. The Morgan fingerprint density at radius 1 is 1.18 bits per heavy atom. The van der Waals surface area contributed by atoms with Crippen molar-refractivity contribution >= 4 is 34.5 Å². The number of piperazine rings is 1. The zero-order chi connectivity index (χ0) is 26.6. The quantitative estimate of drug-likeness (QED) is 0.308. The minimum atomic E-state index is -0.409. The van der Waals surface area contributed by atoms with Crippen LogP contribution >= 0.6 is 22.9 Å². The lowest BCUT2D eigenvalue weighted by Crippen LogP contribution is -2.46. The topological polar surface area (TPSA) is 96.3 Å². The molecule has 4 aromatic rings. The first-order chi connectivity index (χ1) is 18.4. The lowest BCUT2D eigenvalue weighted by atomic mass is 10.1. The molecule has 8 nitrogen and oxygen atoms in total. The van der Waals surface area contributed by atoms with E-state index in [-0.39, 0.29) is 19.1 Å². The Labute approximate surface area is 231 Å². The monoisotopic (exact) mass is 553 g/mol. The van der Waals surface area contributed by atoms with Gasteiger partial charge in [-0.15, -0.1) is 11.3 Å². The van der Waals surface area contributed by atoms with Crippen LogP contribution in [-0.2, 0) is 17.8 Å². The number of primary amides is 1. The van der Waals surface area contributed by atoms with Gasteiger partial charge in [-0.1, -0.05) is 35.9 Å². The maximum atomic E-state index is 11.8. The van der Waals surface area contributed by atoms with Crippen molar-refractivity contribution in [2.24, 2.45) is 5.73 Å². The number of halogens is 1. The van der Waals surface area contributed by atoms with E-state index in [4.69, 9.17) is 22.1 Å². The van der Waals surface area contributed by atoms with Gasteiger partial charge in [0.2, 0.25) is 5.91 Å². The molecular weight excluding hydrogens is 522 g/mol. The molecule has 4 heterocycles. The van der Waals surface area contributed by atoms with Crippen LogP contribution in [0.15, 0.2) is 54.9 Å². The number of thiophene rings is 1. The fraction of sp³-hybridized carbons (Fsp3) is 0.357. The van der Waals surface area contributed by atoms with E-state index in [0.717, 1.165) is 65.9 Å². The molecule has 0 bridgehead atoms. The van der Waals surface area contributed by atoms with Crippen molar-refractivity contribution in [1.29, 1.82) is 0 Å². The number of imidazole rings is 1. The fourth-order valence-electron chi connectivity index (χ4n) is 4.85. The smallest absolute Gasteiger partial charge is 0.222 e. The van der Waals surface area contributed by atoms with Crippen LogP contribution in [0.1, 0.15) is 29.0 Å². The molecule has 1 aliphatic heterocycles. The van der Waals surface area contributed by atoms with Crippen LogP contribution in [0.3, 0.4) is 0 Å². The highest BCUT2D eigenvalue weighted by Crippen LogP contribution is 2.39. The van der Waals surface area contributed by atoms with Crippen LogP contribution in [-0.4, -0.2) is 69.5 Å². The molecule has 1 fully saturated rings. The molecule has 3 aromatic heterocycles. The van der Waals surface area contributed by atoms with Gasteiger partial charge in [0, 0.05) is 62.1 Å². The Balaban J connectivity index is 1.39. The van der Waals surface area contributed by atoms with Crippen LogP contribution < -0.4 is 10.5 Å². The molecular formula is C28H32ClN5O3S. The Kier molecular flexibility index (Phi) is 8.30. The van der Waals surface area contributed by atoms with Crippen molar-refractivity contribution in [1.82, 2.24) is 19.2 Å². The van der Waals surface area contributed by atoms with Gasteiger partial charge in [-0.3, -0.25) is 19.0 Å². The summed E-state index contributed by atoms with van der Waals surface area (Å²) in [6.07, 6.45) is 3.79. The number of rotatable bonds is 10. The molecule has 0 spiro atoms. The number of nitrogens with zero attached hydrogens (tertiary/aromatic N) is 4. The first-order valence-electron chi connectivity index (χ1n) is 12.8. The third-order valence-corrected chi connectivity index (χ3v) is 8.34. The average molecular weight is 554 g/mol. The van der Waals surface area contributed by atoms with Crippen LogP contribution in [0, 0.1) is 0 Å². The number of nitrogens with two attached hydrogens (primary N) is 1. The molecule has 3 N–H and O–H groups in total. The number of aromatic nitrogens is 2. The van der Waals surface area contributed by atoms with E-state index >= 15 is 0 Å². The molecule has 1 atom stereocenters. The molecule has 1 saturated heterocycles. The van der Waals surface area contributed by atoms with Gasteiger partial charge in [0.05, 0.1) is 34.7 Å². The Hall–Kier alpha value is -2.95. The van der Waals surface area contributed by atoms with Crippen molar-refractivity contribution in [3.8, 4) is 16.3 Å². The molecule has 0 aliphatic carbocycles. The summed E-state index contributed by atoms with van der Waals surface area (Å²) >= 11 is 7.88. The molecule has 0 radical (unpaired) electrons. The normalized spacial score (nSPS) is 15.7. The molecule has 1 aliphatic rings. The van der Waals surface area contributed by atoms with Crippen molar-refractivity contribution < 1.29 is 14.6 Å². The summed E-state index contributed by atoms with van der Waals surface area (Å²) in [7, 11) is 0. The summed E-state index contributed by atoms with van der Waals surface area (Å²) in [5, 5.41) is 9.82. The summed E-state index contributed by atoms with van der Waals surface area (Å²) in [6, 6.07) is 13.7. The number of ether oxygens (including phenoxy) is 1. The van der Waals surface area contributed by atoms with Gasteiger partial charge >= 0.3 is 0 Å². The number of carbonyl (C=O) groups is 1. The molecule has 1 amide bonds. The number of aliphatic hydroxyl groups excluding tert-OH is 1. The number of hydrogen-bond donors (Lipinski definition) is 2. The standard InChI is InChI=1S/C28H32ClN5O3S/c1-19(21-4-2-3-5-22(21)29)37-24-14-25(38-26(24)15-27(30)36)23-16-31-28-7-6-20(18-34(23)28)17-33-10-8-32(9-11-33)12-13-35/h2-7,14,16,18-19,35H,8-13,15,17H2,1H3,(H2,30,36)/t19-/m1/s1. The average Bonchev–Trinajstić information content (AvgIpc) is 3.48. The van der Waals surface area contributed by atoms with Crippen molar-refractivity contribution in [2.75, 3.05) is 39.3 Å². The zero-order valence-electron chi connectivity index (χ0n) is 21.3. The van der Waals surface area contributed by atoms with Crippen molar-refractivity contribution in [3.63, 3.8) is 0 Å². The van der Waals surface area contributed by atoms with E-state index in [1.807, 2.05) is 49.5 Å². The van der Waals surface area contributed by atoms with Gasteiger partial charge < -0.3 is 15.6 Å². The molecule has 10 heteroatoms. The van der Waals surface area contributed by atoms with Crippen molar-refractivity contribution in [2.45, 2.75) is 26.0 Å². The third-order valence-electron chi connectivity index (χ3n) is 6.86. The van der Waals surface area contributed by atoms with E-state index < -0.39 is 5.91 Å². The molecule has 0 unspecified atom stereocenters. The Morgan fingerprint density at radius 3 is 2.68 bits per heavy atom. The highest BCUT2D eigenvalue weighted by Gasteiger charge is 2.21. The number of benzene rings is 1. The minimum Gasteiger partial charge on any atom is -0.485 e. The second-order valence-electron chi connectivity index (χ2n) is 9.57. The number of hydrogen-bond acceptors (Lipinski definition) is 7. The second-order valence-corrected chi connectivity index (χ2v) is 11.1. The van der Waals surface area contributed by atoms with Gasteiger partial charge in [0.25, 0.3) is 0 Å². The van der Waals surface area contributed by atoms with Crippen LogP contribution in [0.2, 0.25) is 5.02 Å². The predicted octanol–water partition coefficient (Wildman–Crippen LogP) is 3.99. The van der Waals surface area contributed by atoms with Gasteiger partial charge in [-0.2, -0.15) is 0 Å².